The first-order valence-electron chi connectivity index (χ1n) is 10.5. The fraction of sp³-hybridized carbons (Fsp3) is 0.409. The molecule has 1 aromatic heterocycles. The summed E-state index contributed by atoms with van der Waals surface area (Å²) < 4.78 is 35.9. The number of methoxy groups -OCH3 is 2. The van der Waals surface area contributed by atoms with E-state index in [1.54, 1.807) is 49.2 Å². The summed E-state index contributed by atoms with van der Waals surface area (Å²) in [4.78, 5) is 26.9. The summed E-state index contributed by atoms with van der Waals surface area (Å²) in [5, 5.41) is 7.15. The molecule has 2 aliphatic rings. The standard InChI is InChI=1S/C22H26N4O6S/c1-14-8-20(26(24-14)17-5-7-33(29,30)13-17)23-21(27)12-25-6-4-15-9-18(31-2)19(32-3)10-16(15)11-22(25)28/h4,6,8-10,17H,5,7,11-13H2,1-3H3,(H,23,27). The fourth-order valence-corrected chi connectivity index (χ4v) is 5.79. The number of hydrogen-bond donors (Lipinski definition) is 1. The minimum Gasteiger partial charge on any atom is -0.493 e. The smallest absolute Gasteiger partial charge is 0.245 e. The summed E-state index contributed by atoms with van der Waals surface area (Å²) in [7, 11) is -0.0314. The van der Waals surface area contributed by atoms with E-state index < -0.39 is 15.7 Å². The molecule has 1 fully saturated rings. The topological polar surface area (TPSA) is 120 Å². The van der Waals surface area contributed by atoms with E-state index in [1.807, 2.05) is 0 Å². The van der Waals surface area contributed by atoms with Crippen molar-refractivity contribution in [2.24, 2.45) is 0 Å². The van der Waals surface area contributed by atoms with Crippen LogP contribution in [-0.2, 0) is 25.8 Å². The van der Waals surface area contributed by atoms with E-state index in [9.17, 15) is 18.0 Å². The van der Waals surface area contributed by atoms with Crippen LogP contribution in [-0.4, -0.2) is 67.2 Å². The third kappa shape index (κ3) is 4.87. The molecule has 1 atom stereocenters. The minimum absolute atomic E-state index is 0.00444. The van der Waals surface area contributed by atoms with Crippen molar-refractivity contribution in [3.05, 3.63) is 41.2 Å². The van der Waals surface area contributed by atoms with Gasteiger partial charge in [0.25, 0.3) is 0 Å². The van der Waals surface area contributed by atoms with Gasteiger partial charge in [-0.1, -0.05) is 0 Å². The van der Waals surface area contributed by atoms with Crippen molar-refractivity contribution in [2.45, 2.75) is 25.8 Å². The Labute approximate surface area is 192 Å². The third-order valence-electron chi connectivity index (χ3n) is 5.74. The predicted octanol–water partition coefficient (Wildman–Crippen LogP) is 1.56. The predicted molar refractivity (Wildman–Crippen MR) is 122 cm³/mol. The quantitative estimate of drug-likeness (QED) is 0.675. The van der Waals surface area contributed by atoms with Gasteiger partial charge in [0.2, 0.25) is 11.8 Å². The maximum atomic E-state index is 12.8. The summed E-state index contributed by atoms with van der Waals surface area (Å²) in [6.45, 7) is 1.58. The lowest BCUT2D eigenvalue weighted by atomic mass is 10.0. The number of carbonyl (C=O) groups is 2. The molecule has 1 N–H and O–H groups in total. The Hall–Kier alpha value is -3.34. The first-order chi connectivity index (χ1) is 15.7. The average molecular weight is 475 g/mol. The number of amides is 2. The van der Waals surface area contributed by atoms with Crippen LogP contribution in [0.25, 0.3) is 6.08 Å². The number of aromatic nitrogens is 2. The number of ether oxygens (including phenoxy) is 2. The molecule has 0 radical (unpaired) electrons. The molecule has 1 saturated heterocycles. The van der Waals surface area contributed by atoms with E-state index in [0.717, 1.165) is 11.1 Å². The van der Waals surface area contributed by atoms with E-state index in [-0.39, 0.29) is 36.4 Å². The molecule has 1 unspecified atom stereocenters. The normalized spacial score (nSPS) is 19.2. The number of nitrogens with zero attached hydrogens (tertiary/aromatic N) is 3. The molecule has 3 heterocycles. The van der Waals surface area contributed by atoms with Gasteiger partial charge in [0.05, 0.1) is 43.9 Å². The molecule has 0 spiro atoms. The number of carbonyl (C=O) groups excluding carboxylic acids is 2. The van der Waals surface area contributed by atoms with Crippen LogP contribution in [0.15, 0.2) is 24.4 Å². The largest absolute Gasteiger partial charge is 0.493 e. The molecule has 0 bridgehead atoms. The Kier molecular flexibility index (Phi) is 6.15. The van der Waals surface area contributed by atoms with Crippen LogP contribution in [0.2, 0.25) is 0 Å². The molecule has 0 aliphatic carbocycles. The highest BCUT2D eigenvalue weighted by molar-refractivity contribution is 7.91. The van der Waals surface area contributed by atoms with E-state index in [1.165, 1.54) is 12.0 Å². The molecular formula is C22H26N4O6S. The van der Waals surface area contributed by atoms with Gasteiger partial charge in [-0.2, -0.15) is 5.10 Å². The zero-order chi connectivity index (χ0) is 23.8. The zero-order valence-electron chi connectivity index (χ0n) is 18.7. The number of fused-ring (bicyclic) bond motifs is 1. The number of sulfone groups is 1. The number of rotatable bonds is 6. The monoisotopic (exact) mass is 474 g/mol. The molecule has 2 aromatic rings. The highest BCUT2D eigenvalue weighted by Gasteiger charge is 2.31. The maximum Gasteiger partial charge on any atom is 0.245 e. The van der Waals surface area contributed by atoms with Crippen LogP contribution in [0, 0.1) is 6.92 Å². The van der Waals surface area contributed by atoms with Crippen molar-refractivity contribution < 1.29 is 27.5 Å². The van der Waals surface area contributed by atoms with Crippen LogP contribution in [0.4, 0.5) is 5.82 Å². The summed E-state index contributed by atoms with van der Waals surface area (Å²) >= 11 is 0. The lowest BCUT2D eigenvalue weighted by Crippen LogP contribution is -2.35. The SMILES string of the molecule is COc1cc2c(cc1OC)CC(=O)N(CC(=O)Nc1cc(C)nn1C1CCS(=O)(=O)C1)C=C2. The first kappa shape index (κ1) is 22.8. The number of benzene rings is 1. The van der Waals surface area contributed by atoms with Gasteiger partial charge < -0.3 is 19.7 Å². The molecule has 4 rings (SSSR count). The van der Waals surface area contributed by atoms with Crippen molar-refractivity contribution in [2.75, 3.05) is 37.6 Å². The van der Waals surface area contributed by atoms with Gasteiger partial charge in [-0.25, -0.2) is 13.1 Å². The van der Waals surface area contributed by atoms with Gasteiger partial charge in [0.15, 0.2) is 21.3 Å². The Morgan fingerprint density at radius 2 is 1.94 bits per heavy atom. The minimum atomic E-state index is -3.10. The van der Waals surface area contributed by atoms with E-state index >= 15 is 0 Å². The van der Waals surface area contributed by atoms with Gasteiger partial charge in [0, 0.05) is 12.3 Å². The second-order valence-corrected chi connectivity index (χ2v) is 10.4. The molecule has 1 aromatic carbocycles. The molecule has 33 heavy (non-hydrogen) atoms. The molecule has 176 valence electrons. The van der Waals surface area contributed by atoms with E-state index in [4.69, 9.17) is 9.47 Å². The first-order valence-corrected chi connectivity index (χ1v) is 12.3. The number of aryl methyl sites for hydroxylation is 1. The summed E-state index contributed by atoms with van der Waals surface area (Å²) in [5.74, 6) is 0.958. The Balaban J connectivity index is 1.48. The zero-order valence-corrected chi connectivity index (χ0v) is 19.5. The van der Waals surface area contributed by atoms with Gasteiger partial charge in [0.1, 0.15) is 12.4 Å². The summed E-state index contributed by atoms with van der Waals surface area (Å²) in [6.07, 6.45) is 3.89. The van der Waals surface area contributed by atoms with Crippen LogP contribution in [0.1, 0.15) is 29.3 Å². The molecule has 0 saturated carbocycles. The summed E-state index contributed by atoms with van der Waals surface area (Å²) in [6, 6.07) is 4.92. The van der Waals surface area contributed by atoms with Gasteiger partial charge >= 0.3 is 0 Å². The number of anilines is 1. The Morgan fingerprint density at radius 1 is 1.21 bits per heavy atom. The number of nitrogens with one attached hydrogen (secondary N) is 1. The van der Waals surface area contributed by atoms with Crippen molar-refractivity contribution in [3.63, 3.8) is 0 Å². The lowest BCUT2D eigenvalue weighted by Gasteiger charge is -2.18. The molecule has 2 aliphatic heterocycles. The second-order valence-electron chi connectivity index (χ2n) is 8.14. The molecule has 2 amide bonds. The van der Waals surface area contributed by atoms with Crippen molar-refractivity contribution in [3.8, 4) is 11.5 Å². The van der Waals surface area contributed by atoms with Crippen LogP contribution >= 0.6 is 0 Å². The Morgan fingerprint density at radius 3 is 2.61 bits per heavy atom. The van der Waals surface area contributed by atoms with Crippen molar-refractivity contribution in [1.29, 1.82) is 0 Å². The molecular weight excluding hydrogens is 448 g/mol. The van der Waals surface area contributed by atoms with E-state index in [0.29, 0.717) is 29.4 Å². The number of hydrogen-bond acceptors (Lipinski definition) is 7. The van der Waals surface area contributed by atoms with Crippen molar-refractivity contribution in [1.82, 2.24) is 14.7 Å². The molecule has 11 heteroatoms. The van der Waals surface area contributed by atoms with Gasteiger partial charge in [-0.05, 0) is 42.7 Å². The van der Waals surface area contributed by atoms with Crippen LogP contribution in [0.5, 0.6) is 11.5 Å². The highest BCUT2D eigenvalue weighted by atomic mass is 32.2. The van der Waals surface area contributed by atoms with Crippen molar-refractivity contribution >= 4 is 33.5 Å². The Bertz CT molecular complexity index is 1230. The van der Waals surface area contributed by atoms with E-state index in [2.05, 4.69) is 10.4 Å². The second kappa shape index (κ2) is 8.89. The van der Waals surface area contributed by atoms with Gasteiger partial charge in [-0.3, -0.25) is 9.59 Å². The molecule has 10 nitrogen and oxygen atoms in total. The van der Waals surface area contributed by atoms with Crippen LogP contribution in [0.3, 0.4) is 0 Å². The lowest BCUT2D eigenvalue weighted by molar-refractivity contribution is -0.131. The summed E-state index contributed by atoms with van der Waals surface area (Å²) in [5.41, 5.74) is 2.24. The maximum absolute atomic E-state index is 12.8. The van der Waals surface area contributed by atoms with Gasteiger partial charge in [-0.15, -0.1) is 0 Å². The van der Waals surface area contributed by atoms with Crippen LogP contribution < -0.4 is 14.8 Å². The highest BCUT2D eigenvalue weighted by Crippen LogP contribution is 2.33. The third-order valence-corrected chi connectivity index (χ3v) is 7.49. The fourth-order valence-electron chi connectivity index (χ4n) is 4.10. The average Bonchev–Trinajstić information content (AvgIpc) is 3.27.